The molecule has 0 bridgehead atoms. The lowest BCUT2D eigenvalue weighted by molar-refractivity contribution is -0.138. The van der Waals surface area contributed by atoms with Crippen LogP contribution in [0.4, 0.5) is 13.2 Å². The summed E-state index contributed by atoms with van der Waals surface area (Å²) in [5, 5.41) is 20.5. The maximum absolute atomic E-state index is 13.7. The molecule has 3 aromatic carbocycles. The van der Waals surface area contributed by atoms with Crippen molar-refractivity contribution in [3.05, 3.63) is 98.5 Å². The molecule has 1 amide bonds. The molecule has 11 heteroatoms. The van der Waals surface area contributed by atoms with Crippen molar-refractivity contribution in [1.82, 2.24) is 5.32 Å². The normalized spacial score (nSPS) is 12.7. The Morgan fingerprint density at radius 2 is 1.68 bits per heavy atom. The Bertz CT molecular complexity index is 1390. The van der Waals surface area contributed by atoms with Crippen LogP contribution in [0.2, 0.25) is 10.0 Å². The van der Waals surface area contributed by atoms with Crippen LogP contribution in [0.1, 0.15) is 70.8 Å². The van der Waals surface area contributed by atoms with Crippen LogP contribution in [-0.4, -0.2) is 23.5 Å². The molecule has 0 heterocycles. The molecule has 0 radical (unpaired) electrons. The summed E-state index contributed by atoms with van der Waals surface area (Å²) < 4.78 is 47.3. The first-order chi connectivity index (χ1) is 18.9. The third-order valence-corrected chi connectivity index (χ3v) is 6.78. The maximum Gasteiger partial charge on any atom is 0.418 e. The molecule has 40 heavy (non-hydrogen) atoms. The number of halogens is 5. The number of nitriles is 1. The highest BCUT2D eigenvalue weighted by Gasteiger charge is 2.36. The molecular formula is C29H25Cl2F3N2O4. The fourth-order valence-corrected chi connectivity index (χ4v) is 4.59. The first kappa shape index (κ1) is 30.8. The van der Waals surface area contributed by atoms with Gasteiger partial charge in [-0.1, -0.05) is 60.8 Å². The van der Waals surface area contributed by atoms with E-state index in [0.29, 0.717) is 29.0 Å². The third-order valence-electron chi connectivity index (χ3n) is 6.12. The van der Waals surface area contributed by atoms with E-state index in [4.69, 9.17) is 33.0 Å². The van der Waals surface area contributed by atoms with Crippen molar-refractivity contribution in [3.8, 4) is 11.8 Å². The van der Waals surface area contributed by atoms with Gasteiger partial charge in [0.15, 0.2) is 0 Å². The van der Waals surface area contributed by atoms with Crippen molar-refractivity contribution in [2.24, 2.45) is 0 Å². The number of hydrogen-bond acceptors (Lipinski definition) is 4. The third kappa shape index (κ3) is 7.90. The van der Waals surface area contributed by atoms with Gasteiger partial charge in [-0.3, -0.25) is 9.59 Å². The smallest absolute Gasteiger partial charge is 0.418 e. The van der Waals surface area contributed by atoms with E-state index in [9.17, 15) is 28.0 Å². The number of carbonyl (C=O) groups is 2. The van der Waals surface area contributed by atoms with Gasteiger partial charge in [-0.05, 0) is 53.9 Å². The molecule has 0 aromatic heterocycles. The summed E-state index contributed by atoms with van der Waals surface area (Å²) in [6.45, 7) is 1.93. The Balaban J connectivity index is 2.02. The Morgan fingerprint density at radius 1 is 1.05 bits per heavy atom. The number of benzene rings is 3. The molecule has 3 aromatic rings. The highest BCUT2D eigenvalue weighted by atomic mass is 35.5. The van der Waals surface area contributed by atoms with E-state index in [-0.39, 0.29) is 30.2 Å². The van der Waals surface area contributed by atoms with Crippen molar-refractivity contribution in [2.45, 2.75) is 44.4 Å². The monoisotopic (exact) mass is 592 g/mol. The van der Waals surface area contributed by atoms with Crippen LogP contribution in [0.3, 0.4) is 0 Å². The Kier molecular flexibility index (Phi) is 10.4. The van der Waals surface area contributed by atoms with Crippen molar-refractivity contribution in [3.63, 3.8) is 0 Å². The molecule has 3 rings (SSSR count). The summed E-state index contributed by atoms with van der Waals surface area (Å²) in [5.74, 6) is -2.01. The SMILES string of the molecule is CCC[C@H](c1ccc(C(=O)NCCC(=O)O)cc1)[C@@H](Oc1cc(C#N)c(Cl)c(C(F)(F)F)c1)c1ccc(Cl)cc1. The number of carbonyl (C=O) groups excluding carboxylic acids is 1. The number of aliphatic carboxylic acids is 1. The van der Waals surface area contributed by atoms with E-state index in [1.54, 1.807) is 54.6 Å². The minimum Gasteiger partial charge on any atom is -0.485 e. The average molecular weight is 593 g/mol. The Labute approximate surface area is 239 Å². The van der Waals surface area contributed by atoms with E-state index in [1.807, 2.05) is 6.92 Å². The van der Waals surface area contributed by atoms with Crippen molar-refractivity contribution >= 4 is 35.1 Å². The van der Waals surface area contributed by atoms with Crippen molar-refractivity contribution < 1.29 is 32.6 Å². The number of carboxylic acids is 1. The van der Waals surface area contributed by atoms with Gasteiger partial charge in [0.2, 0.25) is 0 Å². The van der Waals surface area contributed by atoms with Crippen LogP contribution < -0.4 is 10.1 Å². The molecule has 0 saturated carbocycles. The summed E-state index contributed by atoms with van der Waals surface area (Å²) >= 11 is 11.9. The topological polar surface area (TPSA) is 99.4 Å². The van der Waals surface area contributed by atoms with Crippen LogP contribution in [0.5, 0.6) is 5.75 Å². The molecule has 0 aliphatic heterocycles. The van der Waals surface area contributed by atoms with Crippen LogP contribution in [-0.2, 0) is 11.0 Å². The minimum absolute atomic E-state index is 0.0213. The number of alkyl halides is 3. The van der Waals surface area contributed by atoms with Gasteiger partial charge in [0.05, 0.1) is 22.6 Å². The van der Waals surface area contributed by atoms with Gasteiger partial charge in [-0.2, -0.15) is 18.4 Å². The standard InChI is InChI=1S/C29H25Cl2F3N2O4/c1-2-3-23(17-4-6-19(7-5-17)28(39)36-13-12-25(37)38)27(18-8-10-21(30)11-9-18)40-22-14-20(16-35)26(31)24(15-22)29(32,33)34/h4-11,14-15,23,27H,2-3,12-13H2,1H3,(H,36,39)(H,37,38)/t23-,27+/m1/s1. The number of carboxylic acid groups (broad SMARTS) is 1. The summed E-state index contributed by atoms with van der Waals surface area (Å²) in [6.07, 6.45) is -4.53. The Morgan fingerprint density at radius 3 is 2.23 bits per heavy atom. The average Bonchev–Trinajstić information content (AvgIpc) is 2.91. The predicted molar refractivity (Wildman–Crippen MR) is 145 cm³/mol. The zero-order valence-corrected chi connectivity index (χ0v) is 22.8. The first-order valence-corrected chi connectivity index (χ1v) is 13.0. The lowest BCUT2D eigenvalue weighted by atomic mass is 9.85. The van der Waals surface area contributed by atoms with E-state index < -0.39 is 34.7 Å². The van der Waals surface area contributed by atoms with Crippen molar-refractivity contribution in [2.75, 3.05) is 6.54 Å². The molecule has 6 nitrogen and oxygen atoms in total. The van der Waals surface area contributed by atoms with Gasteiger partial charge < -0.3 is 15.2 Å². The van der Waals surface area contributed by atoms with Crippen LogP contribution >= 0.6 is 23.2 Å². The second kappa shape index (κ2) is 13.6. The number of ether oxygens (including phenoxy) is 1. The number of rotatable bonds is 11. The van der Waals surface area contributed by atoms with E-state index in [2.05, 4.69) is 5.32 Å². The molecule has 210 valence electrons. The zero-order valence-electron chi connectivity index (χ0n) is 21.3. The van der Waals surface area contributed by atoms with Crippen LogP contribution in [0.15, 0.2) is 60.7 Å². The van der Waals surface area contributed by atoms with Crippen LogP contribution in [0, 0.1) is 11.3 Å². The summed E-state index contributed by atoms with van der Waals surface area (Å²) in [6, 6.07) is 17.0. The lowest BCUT2D eigenvalue weighted by Crippen LogP contribution is -2.26. The second-order valence-corrected chi connectivity index (χ2v) is 9.76. The molecular weight excluding hydrogens is 568 g/mol. The first-order valence-electron chi connectivity index (χ1n) is 12.3. The molecule has 0 aliphatic carbocycles. The highest BCUT2D eigenvalue weighted by Crippen LogP contribution is 2.43. The summed E-state index contributed by atoms with van der Waals surface area (Å²) in [5.41, 5.74) is 0.171. The van der Waals surface area contributed by atoms with Gasteiger partial charge in [-0.25, -0.2) is 0 Å². The highest BCUT2D eigenvalue weighted by molar-refractivity contribution is 6.32. The number of nitrogens with zero attached hydrogens (tertiary/aromatic N) is 1. The number of amides is 1. The largest absolute Gasteiger partial charge is 0.485 e. The van der Waals surface area contributed by atoms with Gasteiger partial charge in [-0.15, -0.1) is 0 Å². The molecule has 0 unspecified atom stereocenters. The number of hydrogen-bond donors (Lipinski definition) is 2. The lowest BCUT2D eigenvalue weighted by Gasteiger charge is -2.29. The van der Waals surface area contributed by atoms with Gasteiger partial charge in [0.25, 0.3) is 5.91 Å². The number of nitrogens with one attached hydrogen (secondary N) is 1. The quantitative estimate of drug-likeness (QED) is 0.237. The van der Waals surface area contributed by atoms with Crippen molar-refractivity contribution in [1.29, 1.82) is 5.26 Å². The zero-order chi connectivity index (χ0) is 29.4. The minimum atomic E-state index is -4.80. The predicted octanol–water partition coefficient (Wildman–Crippen LogP) is 7.79. The molecule has 0 fully saturated rings. The second-order valence-electron chi connectivity index (χ2n) is 8.95. The molecule has 2 N–H and O–H groups in total. The van der Waals surface area contributed by atoms with Gasteiger partial charge in [0.1, 0.15) is 17.9 Å². The van der Waals surface area contributed by atoms with E-state index >= 15 is 0 Å². The fraction of sp³-hybridized carbons (Fsp3) is 0.276. The Hall–Kier alpha value is -3.74. The summed E-state index contributed by atoms with van der Waals surface area (Å²) in [7, 11) is 0. The van der Waals surface area contributed by atoms with Crippen LogP contribution in [0.25, 0.3) is 0 Å². The van der Waals surface area contributed by atoms with E-state index in [0.717, 1.165) is 11.6 Å². The maximum atomic E-state index is 13.7. The molecule has 0 spiro atoms. The van der Waals surface area contributed by atoms with Gasteiger partial charge in [0, 0.05) is 23.0 Å². The van der Waals surface area contributed by atoms with E-state index in [1.165, 1.54) is 6.07 Å². The van der Waals surface area contributed by atoms with Gasteiger partial charge >= 0.3 is 12.1 Å². The fourth-order valence-electron chi connectivity index (χ4n) is 4.21. The molecule has 0 aliphatic rings. The molecule has 2 atom stereocenters. The summed E-state index contributed by atoms with van der Waals surface area (Å²) in [4.78, 5) is 23.1. The molecule has 0 saturated heterocycles.